The normalized spacial score (nSPS) is 12.3. The number of aromatic nitrogens is 2. The number of nitrogens with zero attached hydrogens (tertiary/aromatic N) is 3. The molecule has 0 saturated carbocycles. The summed E-state index contributed by atoms with van der Waals surface area (Å²) in [7, 11) is 1.66. The highest BCUT2D eigenvalue weighted by Crippen LogP contribution is 2.43. The second kappa shape index (κ2) is 13.1. The van der Waals surface area contributed by atoms with Crippen molar-refractivity contribution in [2.45, 2.75) is 60.0 Å². The number of ether oxygens (including phenoxy) is 3. The van der Waals surface area contributed by atoms with Crippen LogP contribution in [0.25, 0.3) is 22.3 Å². The van der Waals surface area contributed by atoms with Gasteiger partial charge in [0.25, 0.3) is 5.56 Å². The zero-order valence-corrected chi connectivity index (χ0v) is 26.8. The number of hydrogen-bond donors (Lipinski definition) is 0. The molecule has 0 saturated heterocycles. The van der Waals surface area contributed by atoms with E-state index in [1.807, 2.05) is 58.0 Å². The highest BCUT2D eigenvalue weighted by Gasteiger charge is 2.21. The molecular weight excluding hydrogens is 606 g/mol. The van der Waals surface area contributed by atoms with Crippen molar-refractivity contribution in [3.63, 3.8) is 0 Å². The number of rotatable bonds is 10. The van der Waals surface area contributed by atoms with Crippen molar-refractivity contribution in [3.05, 3.63) is 79.0 Å². The fourth-order valence-electron chi connectivity index (χ4n) is 4.45. The lowest BCUT2D eigenvalue weighted by atomic mass is 9.96. The molecule has 1 aromatic heterocycles. The third-order valence-corrected chi connectivity index (χ3v) is 8.30. The van der Waals surface area contributed by atoms with Crippen molar-refractivity contribution in [1.82, 2.24) is 9.66 Å². The molecule has 216 valence electrons. The molecule has 1 heterocycles. The first-order chi connectivity index (χ1) is 19.6. The van der Waals surface area contributed by atoms with Crippen molar-refractivity contribution in [1.29, 1.82) is 0 Å². The highest BCUT2D eigenvalue weighted by molar-refractivity contribution is 9.10. The van der Waals surface area contributed by atoms with Gasteiger partial charge in [-0.05, 0) is 90.5 Å². The maximum absolute atomic E-state index is 13.8. The number of fused-ring (bicyclic) bond motifs is 1. The first-order valence-corrected chi connectivity index (χ1v) is 14.8. The Morgan fingerprint density at radius 1 is 1.12 bits per heavy atom. The van der Waals surface area contributed by atoms with E-state index >= 15 is 0 Å². The number of aryl methyl sites for hydroxylation is 1. The predicted molar refractivity (Wildman–Crippen MR) is 171 cm³/mol. The monoisotopic (exact) mass is 639 g/mol. The van der Waals surface area contributed by atoms with Gasteiger partial charge in [0.1, 0.15) is 10.8 Å². The molecule has 4 rings (SSSR count). The molecule has 7 nitrogen and oxygen atoms in total. The second-order valence-corrected chi connectivity index (χ2v) is 11.2. The van der Waals surface area contributed by atoms with Crippen LogP contribution in [0, 0.1) is 6.92 Å². The largest absolute Gasteiger partial charge is 0.496 e. The molecule has 0 aliphatic rings. The van der Waals surface area contributed by atoms with E-state index in [-0.39, 0.29) is 17.6 Å². The Morgan fingerprint density at radius 2 is 1.85 bits per heavy atom. The number of hydrogen-bond acceptors (Lipinski definition) is 6. The molecule has 0 bridgehead atoms. The van der Waals surface area contributed by atoms with E-state index in [1.165, 1.54) is 4.68 Å². The maximum Gasteiger partial charge on any atom is 0.282 e. The lowest BCUT2D eigenvalue weighted by molar-refractivity contribution is 0.203. The fourth-order valence-corrected chi connectivity index (χ4v) is 5.09. The summed E-state index contributed by atoms with van der Waals surface area (Å²) in [5.41, 5.74) is 3.64. The van der Waals surface area contributed by atoms with Gasteiger partial charge in [0.15, 0.2) is 17.3 Å². The van der Waals surface area contributed by atoms with Gasteiger partial charge in [0, 0.05) is 15.6 Å². The lowest BCUT2D eigenvalue weighted by Crippen LogP contribution is -2.21. The van der Waals surface area contributed by atoms with Gasteiger partial charge in [0.2, 0.25) is 0 Å². The summed E-state index contributed by atoms with van der Waals surface area (Å²) in [6.07, 6.45) is 2.34. The van der Waals surface area contributed by atoms with Gasteiger partial charge in [-0.2, -0.15) is 9.78 Å². The van der Waals surface area contributed by atoms with Crippen LogP contribution in [0.3, 0.4) is 0 Å². The van der Waals surface area contributed by atoms with Gasteiger partial charge in [-0.1, -0.05) is 44.5 Å². The average Bonchev–Trinajstić information content (AvgIpc) is 2.96. The predicted octanol–water partition coefficient (Wildman–Crippen LogP) is 8.38. The third-order valence-electron chi connectivity index (χ3n) is 6.86. The van der Waals surface area contributed by atoms with Crippen molar-refractivity contribution in [2.75, 3.05) is 13.7 Å². The summed E-state index contributed by atoms with van der Waals surface area (Å²) >= 11 is 10.3. The summed E-state index contributed by atoms with van der Waals surface area (Å²) < 4.78 is 19.5. The molecule has 0 N–H and O–H groups in total. The van der Waals surface area contributed by atoms with E-state index in [4.69, 9.17) is 30.8 Å². The standard InChI is InChI=1S/C32H35BrClN3O4/c1-8-20(6)41-30-27(40-9-2)15-21(28(33)29(30)34)17-35-37-31(36-25-13-11-10-12-22(25)32(37)38)24-16-23(18(3)4)26(39-7)14-19(24)5/h10-18,20H,8-9H2,1-7H3/t20-/m1/s1. The van der Waals surface area contributed by atoms with Crippen molar-refractivity contribution >= 4 is 44.6 Å². The van der Waals surface area contributed by atoms with Gasteiger partial charge < -0.3 is 14.2 Å². The molecule has 0 aliphatic heterocycles. The topological polar surface area (TPSA) is 74.9 Å². The van der Waals surface area contributed by atoms with Crippen LogP contribution in [-0.4, -0.2) is 35.7 Å². The summed E-state index contributed by atoms with van der Waals surface area (Å²) in [5.74, 6) is 2.38. The van der Waals surface area contributed by atoms with Crippen LogP contribution in [-0.2, 0) is 0 Å². The molecule has 0 fully saturated rings. The minimum Gasteiger partial charge on any atom is -0.496 e. The number of benzene rings is 3. The summed E-state index contributed by atoms with van der Waals surface area (Å²) in [5, 5.41) is 5.51. The minimum absolute atomic E-state index is 0.0496. The Kier molecular flexibility index (Phi) is 9.76. The van der Waals surface area contributed by atoms with E-state index < -0.39 is 0 Å². The Hall–Kier alpha value is -3.36. The Bertz CT molecular complexity index is 1670. The summed E-state index contributed by atoms with van der Waals surface area (Å²) in [6.45, 7) is 12.5. The Balaban J connectivity index is 1.95. The molecule has 41 heavy (non-hydrogen) atoms. The van der Waals surface area contributed by atoms with E-state index in [2.05, 4.69) is 34.9 Å². The van der Waals surface area contributed by atoms with Gasteiger partial charge in [-0.15, -0.1) is 0 Å². The molecule has 0 radical (unpaired) electrons. The molecular formula is C32H35BrClN3O4. The van der Waals surface area contributed by atoms with E-state index in [9.17, 15) is 4.79 Å². The molecule has 0 spiro atoms. The SMILES string of the molecule is CCOc1cc(C=Nn2c(-c3cc(C(C)C)c(OC)cc3C)nc3ccccc3c2=O)c(Br)c(Cl)c1O[C@H](C)CC. The second-order valence-electron chi connectivity index (χ2n) is 10.1. The molecule has 0 amide bonds. The smallest absolute Gasteiger partial charge is 0.282 e. The van der Waals surface area contributed by atoms with Crippen LogP contribution in [0.5, 0.6) is 17.2 Å². The summed E-state index contributed by atoms with van der Waals surface area (Å²) in [6, 6.07) is 13.1. The lowest BCUT2D eigenvalue weighted by Gasteiger charge is -2.19. The summed E-state index contributed by atoms with van der Waals surface area (Å²) in [4.78, 5) is 18.7. The van der Waals surface area contributed by atoms with Crippen LogP contribution in [0.4, 0.5) is 0 Å². The molecule has 9 heteroatoms. The number of halogens is 2. The van der Waals surface area contributed by atoms with Crippen LogP contribution in [0.1, 0.15) is 63.6 Å². The zero-order valence-electron chi connectivity index (χ0n) is 24.4. The van der Waals surface area contributed by atoms with Gasteiger partial charge >= 0.3 is 0 Å². The van der Waals surface area contributed by atoms with Crippen molar-refractivity contribution < 1.29 is 14.2 Å². The quantitative estimate of drug-likeness (QED) is 0.163. The van der Waals surface area contributed by atoms with Crippen LogP contribution in [0.2, 0.25) is 5.02 Å². The average molecular weight is 641 g/mol. The molecule has 3 aromatic carbocycles. The van der Waals surface area contributed by atoms with Crippen molar-refractivity contribution in [2.24, 2.45) is 5.10 Å². The van der Waals surface area contributed by atoms with E-state index in [0.717, 1.165) is 28.9 Å². The van der Waals surface area contributed by atoms with Crippen molar-refractivity contribution in [3.8, 4) is 28.6 Å². The highest BCUT2D eigenvalue weighted by atomic mass is 79.9. The fraction of sp³-hybridized carbons (Fsp3) is 0.344. The first kappa shape index (κ1) is 30.6. The maximum atomic E-state index is 13.8. The van der Waals surface area contributed by atoms with Gasteiger partial charge in [0.05, 0.1) is 36.9 Å². The van der Waals surface area contributed by atoms with Crippen LogP contribution < -0.4 is 19.8 Å². The van der Waals surface area contributed by atoms with Gasteiger partial charge in [-0.25, -0.2) is 4.98 Å². The molecule has 4 aromatic rings. The number of methoxy groups -OCH3 is 1. The Labute approximate surface area is 254 Å². The van der Waals surface area contributed by atoms with E-state index in [0.29, 0.717) is 49.9 Å². The van der Waals surface area contributed by atoms with Crippen LogP contribution in [0.15, 0.2) is 56.8 Å². The minimum atomic E-state index is -0.285. The van der Waals surface area contributed by atoms with Gasteiger partial charge in [-0.3, -0.25) is 4.79 Å². The number of para-hydroxylation sites is 1. The third kappa shape index (κ3) is 6.28. The molecule has 0 unspecified atom stereocenters. The zero-order chi connectivity index (χ0) is 29.8. The van der Waals surface area contributed by atoms with Crippen LogP contribution >= 0.6 is 27.5 Å². The molecule has 1 atom stereocenters. The first-order valence-electron chi connectivity index (χ1n) is 13.7. The van der Waals surface area contributed by atoms with E-state index in [1.54, 1.807) is 25.5 Å². The molecule has 0 aliphatic carbocycles. The Morgan fingerprint density at radius 3 is 2.51 bits per heavy atom.